The average molecular weight is 302 g/mol. The number of methoxy groups -OCH3 is 1. The quantitative estimate of drug-likeness (QED) is 0.539. The van der Waals surface area contributed by atoms with Gasteiger partial charge in [0, 0.05) is 20.3 Å². The standard InChI is InChI=1S/C15H30N2O4/c1-10(2)12(11(3)4)9-16-15(20)17-13(14(18)19)7-6-8-21-5/h10-13H,6-9H2,1-5H3,(H,18,19)(H2,16,17,20). The molecule has 0 radical (unpaired) electrons. The van der Waals surface area contributed by atoms with E-state index >= 15 is 0 Å². The summed E-state index contributed by atoms with van der Waals surface area (Å²) in [5, 5.41) is 14.4. The highest BCUT2D eigenvalue weighted by molar-refractivity contribution is 5.82. The van der Waals surface area contributed by atoms with Crippen molar-refractivity contribution in [1.29, 1.82) is 0 Å². The van der Waals surface area contributed by atoms with Gasteiger partial charge >= 0.3 is 12.0 Å². The van der Waals surface area contributed by atoms with Crippen molar-refractivity contribution in [3.05, 3.63) is 0 Å². The summed E-state index contributed by atoms with van der Waals surface area (Å²) in [5.41, 5.74) is 0. The third-order valence-electron chi connectivity index (χ3n) is 3.66. The molecule has 0 bridgehead atoms. The van der Waals surface area contributed by atoms with Gasteiger partial charge in [0.2, 0.25) is 0 Å². The lowest BCUT2D eigenvalue weighted by molar-refractivity contribution is -0.139. The number of rotatable bonds is 10. The maximum atomic E-state index is 11.8. The average Bonchev–Trinajstić information content (AvgIpc) is 2.36. The molecular weight excluding hydrogens is 272 g/mol. The van der Waals surface area contributed by atoms with Crippen LogP contribution in [0.5, 0.6) is 0 Å². The molecule has 0 aliphatic carbocycles. The number of urea groups is 1. The molecule has 0 aliphatic heterocycles. The topological polar surface area (TPSA) is 87.7 Å². The van der Waals surface area contributed by atoms with Gasteiger partial charge in [-0.1, -0.05) is 27.7 Å². The summed E-state index contributed by atoms with van der Waals surface area (Å²) in [7, 11) is 1.56. The van der Waals surface area contributed by atoms with Gasteiger partial charge in [-0.15, -0.1) is 0 Å². The predicted molar refractivity (Wildman–Crippen MR) is 82.2 cm³/mol. The van der Waals surface area contributed by atoms with Crippen LogP contribution in [0.15, 0.2) is 0 Å². The highest BCUT2D eigenvalue weighted by Gasteiger charge is 2.21. The lowest BCUT2D eigenvalue weighted by Crippen LogP contribution is -2.47. The smallest absolute Gasteiger partial charge is 0.326 e. The number of carboxylic acids is 1. The van der Waals surface area contributed by atoms with Gasteiger partial charge in [0.25, 0.3) is 0 Å². The zero-order valence-electron chi connectivity index (χ0n) is 13.8. The zero-order valence-corrected chi connectivity index (χ0v) is 13.8. The Balaban J connectivity index is 4.27. The summed E-state index contributed by atoms with van der Waals surface area (Å²) < 4.78 is 4.89. The summed E-state index contributed by atoms with van der Waals surface area (Å²) in [6.45, 7) is 9.51. The van der Waals surface area contributed by atoms with E-state index in [0.29, 0.717) is 43.7 Å². The monoisotopic (exact) mass is 302 g/mol. The molecule has 3 N–H and O–H groups in total. The highest BCUT2D eigenvalue weighted by atomic mass is 16.5. The molecule has 6 nitrogen and oxygen atoms in total. The number of amides is 2. The molecule has 0 saturated heterocycles. The summed E-state index contributed by atoms with van der Waals surface area (Å²) in [4.78, 5) is 22.9. The third-order valence-corrected chi connectivity index (χ3v) is 3.66. The van der Waals surface area contributed by atoms with Crippen molar-refractivity contribution in [3.63, 3.8) is 0 Å². The normalized spacial score (nSPS) is 12.8. The van der Waals surface area contributed by atoms with Gasteiger partial charge in [0.15, 0.2) is 0 Å². The molecular formula is C15H30N2O4. The number of aliphatic carboxylic acids is 1. The molecule has 0 heterocycles. The van der Waals surface area contributed by atoms with E-state index in [1.54, 1.807) is 7.11 Å². The SMILES string of the molecule is COCCCC(NC(=O)NCC(C(C)C)C(C)C)C(=O)O. The van der Waals surface area contributed by atoms with Crippen molar-refractivity contribution in [2.45, 2.75) is 46.6 Å². The molecule has 124 valence electrons. The van der Waals surface area contributed by atoms with E-state index < -0.39 is 18.0 Å². The Morgan fingerprint density at radius 1 is 1.14 bits per heavy atom. The lowest BCUT2D eigenvalue weighted by atomic mass is 9.85. The van der Waals surface area contributed by atoms with Crippen LogP contribution in [0.4, 0.5) is 4.79 Å². The van der Waals surface area contributed by atoms with Gasteiger partial charge in [-0.25, -0.2) is 9.59 Å². The summed E-state index contributed by atoms with van der Waals surface area (Å²) >= 11 is 0. The third kappa shape index (κ3) is 8.55. The Labute approximate surface area is 127 Å². The van der Waals surface area contributed by atoms with Crippen LogP contribution in [-0.4, -0.2) is 43.4 Å². The second kappa shape index (κ2) is 10.4. The van der Waals surface area contributed by atoms with Gasteiger partial charge < -0.3 is 20.5 Å². The predicted octanol–water partition coefficient (Wildman–Crippen LogP) is 2.09. The first-order chi connectivity index (χ1) is 9.79. The molecule has 21 heavy (non-hydrogen) atoms. The first kappa shape index (κ1) is 19.7. The van der Waals surface area contributed by atoms with E-state index in [-0.39, 0.29) is 0 Å². The van der Waals surface area contributed by atoms with Crippen LogP contribution in [0.2, 0.25) is 0 Å². The maximum Gasteiger partial charge on any atom is 0.326 e. The first-order valence-corrected chi connectivity index (χ1v) is 7.55. The van der Waals surface area contributed by atoms with E-state index in [9.17, 15) is 9.59 Å². The van der Waals surface area contributed by atoms with Crippen molar-refractivity contribution >= 4 is 12.0 Å². The van der Waals surface area contributed by atoms with Gasteiger partial charge in [-0.2, -0.15) is 0 Å². The fourth-order valence-electron chi connectivity index (χ4n) is 2.35. The number of carboxylic acid groups (broad SMARTS) is 1. The minimum absolute atomic E-state index is 0.356. The molecule has 0 aromatic rings. The largest absolute Gasteiger partial charge is 0.480 e. The fourth-order valence-corrected chi connectivity index (χ4v) is 2.35. The molecule has 0 aromatic carbocycles. The van der Waals surface area contributed by atoms with E-state index in [1.165, 1.54) is 0 Å². The van der Waals surface area contributed by atoms with Crippen LogP contribution < -0.4 is 10.6 Å². The number of hydrogen-bond donors (Lipinski definition) is 3. The molecule has 1 unspecified atom stereocenters. The summed E-state index contributed by atoms with van der Waals surface area (Å²) in [6, 6.07) is -1.30. The number of carbonyl (C=O) groups is 2. The Hall–Kier alpha value is -1.30. The number of hydrogen-bond acceptors (Lipinski definition) is 3. The summed E-state index contributed by atoms with van der Waals surface area (Å²) in [6.07, 6.45) is 0.947. The molecule has 6 heteroatoms. The van der Waals surface area contributed by atoms with E-state index in [1.807, 2.05) is 0 Å². The highest BCUT2D eigenvalue weighted by Crippen LogP contribution is 2.19. The van der Waals surface area contributed by atoms with Crippen LogP contribution >= 0.6 is 0 Å². The molecule has 1 atom stereocenters. The van der Waals surface area contributed by atoms with Gasteiger partial charge in [0.05, 0.1) is 0 Å². The van der Waals surface area contributed by atoms with Crippen LogP contribution in [0.25, 0.3) is 0 Å². The molecule has 0 aromatic heterocycles. The first-order valence-electron chi connectivity index (χ1n) is 7.55. The second-order valence-corrected chi connectivity index (χ2v) is 6.03. The number of carbonyl (C=O) groups excluding carboxylic acids is 1. The van der Waals surface area contributed by atoms with Gasteiger partial charge in [0.1, 0.15) is 6.04 Å². The van der Waals surface area contributed by atoms with Gasteiger partial charge in [-0.3, -0.25) is 0 Å². The molecule has 0 aliphatic rings. The van der Waals surface area contributed by atoms with Crippen LogP contribution in [0.1, 0.15) is 40.5 Å². The van der Waals surface area contributed by atoms with Crippen molar-refractivity contribution in [2.75, 3.05) is 20.3 Å². The van der Waals surface area contributed by atoms with Crippen LogP contribution in [0.3, 0.4) is 0 Å². The summed E-state index contributed by atoms with van der Waals surface area (Å²) in [5.74, 6) is 0.266. The lowest BCUT2D eigenvalue weighted by Gasteiger charge is -2.25. The molecule has 0 rings (SSSR count). The van der Waals surface area contributed by atoms with E-state index in [4.69, 9.17) is 9.84 Å². The molecule has 0 fully saturated rings. The Morgan fingerprint density at radius 3 is 2.14 bits per heavy atom. The molecule has 0 saturated carbocycles. The van der Waals surface area contributed by atoms with Crippen molar-refractivity contribution in [3.8, 4) is 0 Å². The minimum atomic E-state index is -1.02. The Kier molecular flexibility index (Phi) is 9.78. The minimum Gasteiger partial charge on any atom is -0.480 e. The second-order valence-electron chi connectivity index (χ2n) is 6.03. The molecule has 0 spiro atoms. The fraction of sp³-hybridized carbons (Fsp3) is 0.867. The number of nitrogens with one attached hydrogen (secondary N) is 2. The van der Waals surface area contributed by atoms with E-state index in [0.717, 1.165) is 0 Å². The van der Waals surface area contributed by atoms with E-state index in [2.05, 4.69) is 38.3 Å². The Morgan fingerprint density at radius 2 is 1.71 bits per heavy atom. The zero-order chi connectivity index (χ0) is 16.4. The Bertz CT molecular complexity index is 311. The van der Waals surface area contributed by atoms with Gasteiger partial charge in [-0.05, 0) is 30.6 Å². The van der Waals surface area contributed by atoms with Crippen molar-refractivity contribution in [1.82, 2.24) is 10.6 Å². The van der Waals surface area contributed by atoms with Crippen molar-refractivity contribution in [2.24, 2.45) is 17.8 Å². The number of ether oxygens (including phenoxy) is 1. The van der Waals surface area contributed by atoms with Crippen LogP contribution in [-0.2, 0) is 9.53 Å². The maximum absolute atomic E-state index is 11.8. The molecule has 2 amide bonds. The van der Waals surface area contributed by atoms with Crippen molar-refractivity contribution < 1.29 is 19.4 Å². The van der Waals surface area contributed by atoms with Crippen LogP contribution in [0, 0.1) is 17.8 Å².